The van der Waals surface area contributed by atoms with E-state index in [4.69, 9.17) is 5.73 Å². The van der Waals surface area contributed by atoms with Crippen molar-refractivity contribution in [2.75, 3.05) is 17.6 Å². The number of nitrogens with two attached hydrogens (primary N) is 1. The van der Waals surface area contributed by atoms with Gasteiger partial charge in [0.25, 0.3) is 0 Å². The summed E-state index contributed by atoms with van der Waals surface area (Å²) in [7, 11) is 0. The third-order valence-corrected chi connectivity index (χ3v) is 3.22. The Bertz CT molecular complexity index is 515. The molecule has 2 aromatic rings. The van der Waals surface area contributed by atoms with Crippen molar-refractivity contribution in [2.24, 2.45) is 0 Å². The van der Waals surface area contributed by atoms with Crippen LogP contribution >= 0.6 is 0 Å². The quantitative estimate of drug-likeness (QED) is 0.774. The molecular formula is C14H20N4. The van der Waals surface area contributed by atoms with E-state index in [9.17, 15) is 0 Å². The molecule has 0 aliphatic carbocycles. The smallest absolute Gasteiger partial charge is 0.126 e. The van der Waals surface area contributed by atoms with Gasteiger partial charge in [0.1, 0.15) is 5.82 Å². The van der Waals surface area contributed by atoms with Crippen LogP contribution in [-0.4, -0.2) is 16.5 Å². The van der Waals surface area contributed by atoms with Crippen LogP contribution in [0.3, 0.4) is 0 Å². The van der Waals surface area contributed by atoms with Crippen molar-refractivity contribution in [1.82, 2.24) is 9.97 Å². The molecule has 0 unspecified atom stereocenters. The van der Waals surface area contributed by atoms with Crippen LogP contribution in [0.2, 0.25) is 0 Å². The first-order chi connectivity index (χ1) is 8.49. The van der Waals surface area contributed by atoms with Crippen LogP contribution in [0.25, 0.3) is 0 Å². The van der Waals surface area contributed by atoms with Gasteiger partial charge in [-0.15, -0.1) is 0 Å². The SMILES string of the molecule is Cc1nc(NCC(C)(C)c2cc[nH]c2)ccc1N. The van der Waals surface area contributed by atoms with Gasteiger partial charge in [0.05, 0.1) is 11.4 Å². The van der Waals surface area contributed by atoms with Crippen molar-refractivity contribution < 1.29 is 0 Å². The Morgan fingerprint density at radius 2 is 2.11 bits per heavy atom. The lowest BCUT2D eigenvalue weighted by molar-refractivity contribution is 0.557. The number of aromatic nitrogens is 2. The summed E-state index contributed by atoms with van der Waals surface area (Å²) in [6, 6.07) is 5.90. The third-order valence-electron chi connectivity index (χ3n) is 3.22. The molecule has 2 aromatic heterocycles. The first kappa shape index (κ1) is 12.5. The Kier molecular flexibility index (Phi) is 3.28. The standard InChI is InChI=1S/C14H20N4/c1-10-12(15)4-5-13(18-10)17-9-14(2,3)11-6-7-16-8-11/h4-8,16H,9,15H2,1-3H3,(H,17,18). The lowest BCUT2D eigenvalue weighted by Gasteiger charge is -2.24. The van der Waals surface area contributed by atoms with Crippen LogP contribution < -0.4 is 11.1 Å². The molecule has 0 saturated heterocycles. The van der Waals surface area contributed by atoms with E-state index in [1.807, 2.05) is 31.5 Å². The van der Waals surface area contributed by atoms with Crippen LogP contribution in [0.5, 0.6) is 0 Å². The summed E-state index contributed by atoms with van der Waals surface area (Å²) in [5, 5.41) is 3.36. The second-order valence-corrected chi connectivity index (χ2v) is 5.21. The number of pyridine rings is 1. The molecule has 4 heteroatoms. The van der Waals surface area contributed by atoms with Gasteiger partial charge in [0.2, 0.25) is 0 Å². The number of anilines is 2. The molecule has 0 bridgehead atoms. The van der Waals surface area contributed by atoms with E-state index in [1.165, 1.54) is 5.56 Å². The lowest BCUT2D eigenvalue weighted by atomic mass is 9.86. The van der Waals surface area contributed by atoms with E-state index in [-0.39, 0.29) is 5.41 Å². The van der Waals surface area contributed by atoms with Crippen molar-refractivity contribution in [1.29, 1.82) is 0 Å². The van der Waals surface area contributed by atoms with Crippen molar-refractivity contribution in [3.63, 3.8) is 0 Å². The van der Waals surface area contributed by atoms with Gasteiger partial charge in [-0.3, -0.25) is 0 Å². The minimum Gasteiger partial charge on any atom is -0.397 e. The minimum atomic E-state index is 0.0526. The Labute approximate surface area is 108 Å². The average Bonchev–Trinajstić information content (AvgIpc) is 2.85. The van der Waals surface area contributed by atoms with Gasteiger partial charge in [-0.2, -0.15) is 0 Å². The fourth-order valence-electron chi connectivity index (χ4n) is 1.83. The molecule has 0 radical (unpaired) electrons. The number of aryl methyl sites for hydroxylation is 1. The first-order valence-electron chi connectivity index (χ1n) is 6.09. The Hall–Kier alpha value is -1.97. The molecule has 2 heterocycles. The number of hydrogen-bond donors (Lipinski definition) is 3. The van der Waals surface area contributed by atoms with E-state index in [0.717, 1.165) is 23.7 Å². The van der Waals surface area contributed by atoms with E-state index in [1.54, 1.807) is 0 Å². The van der Waals surface area contributed by atoms with Gasteiger partial charge in [0, 0.05) is 24.4 Å². The number of H-pyrrole nitrogens is 1. The second kappa shape index (κ2) is 4.72. The maximum absolute atomic E-state index is 5.75. The number of nitrogen functional groups attached to an aromatic ring is 1. The second-order valence-electron chi connectivity index (χ2n) is 5.21. The topological polar surface area (TPSA) is 66.7 Å². The molecule has 18 heavy (non-hydrogen) atoms. The summed E-state index contributed by atoms with van der Waals surface area (Å²) in [5.41, 5.74) is 8.67. The third kappa shape index (κ3) is 2.64. The van der Waals surface area contributed by atoms with E-state index in [0.29, 0.717) is 0 Å². The Morgan fingerprint density at radius 3 is 2.72 bits per heavy atom. The molecule has 0 amide bonds. The molecule has 0 spiro atoms. The van der Waals surface area contributed by atoms with Gasteiger partial charge >= 0.3 is 0 Å². The van der Waals surface area contributed by atoms with Crippen molar-refractivity contribution in [3.8, 4) is 0 Å². The Balaban J connectivity index is 2.05. The number of hydrogen-bond acceptors (Lipinski definition) is 3. The van der Waals surface area contributed by atoms with E-state index < -0.39 is 0 Å². The normalized spacial score (nSPS) is 11.5. The maximum Gasteiger partial charge on any atom is 0.126 e. The molecule has 0 atom stereocenters. The Morgan fingerprint density at radius 1 is 1.33 bits per heavy atom. The highest BCUT2D eigenvalue weighted by Gasteiger charge is 2.20. The molecule has 0 saturated carbocycles. The number of aromatic amines is 1. The molecular weight excluding hydrogens is 224 g/mol. The van der Waals surface area contributed by atoms with Crippen LogP contribution in [0.1, 0.15) is 25.1 Å². The highest BCUT2D eigenvalue weighted by Crippen LogP contribution is 2.23. The lowest BCUT2D eigenvalue weighted by Crippen LogP contribution is -2.27. The van der Waals surface area contributed by atoms with Crippen molar-refractivity contribution >= 4 is 11.5 Å². The molecule has 2 rings (SSSR count). The zero-order chi connectivity index (χ0) is 13.2. The largest absolute Gasteiger partial charge is 0.397 e. The van der Waals surface area contributed by atoms with E-state index in [2.05, 4.69) is 35.2 Å². The fraction of sp³-hybridized carbons (Fsp3) is 0.357. The predicted octanol–water partition coefficient (Wildman–Crippen LogP) is 2.69. The predicted molar refractivity (Wildman–Crippen MR) is 75.7 cm³/mol. The van der Waals surface area contributed by atoms with Crippen LogP contribution in [0.4, 0.5) is 11.5 Å². The molecule has 96 valence electrons. The van der Waals surface area contributed by atoms with Crippen LogP contribution in [0, 0.1) is 6.92 Å². The van der Waals surface area contributed by atoms with Gasteiger partial charge in [0.15, 0.2) is 0 Å². The highest BCUT2D eigenvalue weighted by molar-refractivity contribution is 5.49. The molecule has 0 fully saturated rings. The number of nitrogens with one attached hydrogen (secondary N) is 2. The van der Waals surface area contributed by atoms with Gasteiger partial charge < -0.3 is 16.0 Å². The highest BCUT2D eigenvalue weighted by atomic mass is 15.0. The summed E-state index contributed by atoms with van der Waals surface area (Å²) in [4.78, 5) is 7.50. The summed E-state index contributed by atoms with van der Waals surface area (Å²) < 4.78 is 0. The van der Waals surface area contributed by atoms with Gasteiger partial charge in [-0.25, -0.2) is 4.98 Å². The first-order valence-corrected chi connectivity index (χ1v) is 6.09. The monoisotopic (exact) mass is 244 g/mol. The molecule has 0 aliphatic heterocycles. The molecule has 0 aliphatic rings. The van der Waals surface area contributed by atoms with Crippen LogP contribution in [0.15, 0.2) is 30.6 Å². The molecule has 4 N–H and O–H groups in total. The van der Waals surface area contributed by atoms with Crippen LogP contribution in [-0.2, 0) is 5.41 Å². The van der Waals surface area contributed by atoms with Gasteiger partial charge in [-0.05, 0) is 30.7 Å². The van der Waals surface area contributed by atoms with E-state index >= 15 is 0 Å². The fourth-order valence-corrected chi connectivity index (χ4v) is 1.83. The van der Waals surface area contributed by atoms with Gasteiger partial charge in [-0.1, -0.05) is 13.8 Å². The average molecular weight is 244 g/mol. The maximum atomic E-state index is 5.75. The number of rotatable bonds is 4. The minimum absolute atomic E-state index is 0.0526. The van der Waals surface area contributed by atoms with Crippen molar-refractivity contribution in [3.05, 3.63) is 41.9 Å². The molecule has 0 aromatic carbocycles. The number of nitrogens with zero attached hydrogens (tertiary/aromatic N) is 1. The summed E-state index contributed by atoms with van der Waals surface area (Å²) in [6.45, 7) is 7.14. The summed E-state index contributed by atoms with van der Waals surface area (Å²) >= 11 is 0. The molecule has 4 nitrogen and oxygen atoms in total. The summed E-state index contributed by atoms with van der Waals surface area (Å²) in [5.74, 6) is 0.866. The van der Waals surface area contributed by atoms with Crippen molar-refractivity contribution in [2.45, 2.75) is 26.2 Å². The summed E-state index contributed by atoms with van der Waals surface area (Å²) in [6.07, 6.45) is 3.98. The zero-order valence-corrected chi connectivity index (χ0v) is 11.1. The zero-order valence-electron chi connectivity index (χ0n) is 11.1.